The van der Waals surface area contributed by atoms with Gasteiger partial charge in [-0.25, -0.2) is 4.39 Å². The topological polar surface area (TPSA) is 75.7 Å². The van der Waals surface area contributed by atoms with Crippen LogP contribution in [0.5, 0.6) is 0 Å². The van der Waals surface area contributed by atoms with Crippen LogP contribution in [0.4, 0.5) is 4.39 Å². The third-order valence-corrected chi connectivity index (χ3v) is 5.96. The highest BCUT2D eigenvalue weighted by atomic mass is 32.1. The van der Waals surface area contributed by atoms with Gasteiger partial charge in [0.1, 0.15) is 5.82 Å². The molecule has 1 N–H and O–H groups in total. The summed E-state index contributed by atoms with van der Waals surface area (Å²) in [5.74, 6) is -1.58. The molecule has 0 aliphatic carbocycles. The highest BCUT2D eigenvalue weighted by molar-refractivity contribution is 7.10. The second-order valence-corrected chi connectivity index (χ2v) is 7.93. The number of nitrogens with zero attached hydrogens (tertiary/aromatic N) is 1. The Morgan fingerprint density at radius 2 is 2.03 bits per heavy atom. The number of benzene rings is 1. The first-order valence-electron chi connectivity index (χ1n) is 9.43. The number of halogens is 1. The number of piperidine rings is 1. The summed E-state index contributed by atoms with van der Waals surface area (Å²) in [6.07, 6.45) is 1.41. The van der Waals surface area contributed by atoms with Crippen LogP contribution < -0.4 is 5.32 Å². The Morgan fingerprint density at radius 3 is 2.69 bits per heavy atom. The van der Waals surface area contributed by atoms with Crippen molar-refractivity contribution in [2.45, 2.75) is 25.3 Å². The van der Waals surface area contributed by atoms with Crippen molar-refractivity contribution < 1.29 is 23.5 Å². The van der Waals surface area contributed by atoms with Crippen LogP contribution in [-0.2, 0) is 14.3 Å². The molecule has 1 saturated heterocycles. The highest BCUT2D eigenvalue weighted by Gasteiger charge is 2.31. The predicted octanol–water partition coefficient (Wildman–Crippen LogP) is 3.16. The molecule has 6 nitrogen and oxygen atoms in total. The first-order valence-corrected chi connectivity index (χ1v) is 10.3. The fourth-order valence-electron chi connectivity index (χ4n) is 3.40. The molecule has 1 aliphatic rings. The Bertz CT molecular complexity index is 854. The van der Waals surface area contributed by atoms with Crippen molar-refractivity contribution >= 4 is 29.1 Å². The summed E-state index contributed by atoms with van der Waals surface area (Å²) in [5, 5.41) is 4.83. The normalized spacial score (nSPS) is 17.4. The molecule has 0 saturated carbocycles. The van der Waals surface area contributed by atoms with E-state index in [4.69, 9.17) is 4.74 Å². The van der Waals surface area contributed by atoms with E-state index in [0.29, 0.717) is 24.9 Å². The Kier molecular flexibility index (Phi) is 6.98. The summed E-state index contributed by atoms with van der Waals surface area (Å²) in [5.41, 5.74) is 0.398. The summed E-state index contributed by atoms with van der Waals surface area (Å²) in [6, 6.07) is 8.66. The maximum Gasteiger partial charge on any atom is 0.307 e. The third-order valence-electron chi connectivity index (χ3n) is 4.97. The van der Waals surface area contributed by atoms with Gasteiger partial charge in [0.2, 0.25) is 5.91 Å². The Labute approximate surface area is 172 Å². The highest BCUT2D eigenvalue weighted by Crippen LogP contribution is 2.25. The second-order valence-electron chi connectivity index (χ2n) is 6.95. The second kappa shape index (κ2) is 9.65. The quantitative estimate of drug-likeness (QED) is 0.732. The summed E-state index contributed by atoms with van der Waals surface area (Å²) < 4.78 is 17.9. The van der Waals surface area contributed by atoms with Crippen molar-refractivity contribution in [3.05, 3.63) is 58.0 Å². The van der Waals surface area contributed by atoms with Gasteiger partial charge in [0.25, 0.3) is 5.91 Å². The number of carbonyl (C=O) groups excluding carboxylic acids is 3. The van der Waals surface area contributed by atoms with Crippen molar-refractivity contribution in [2.75, 3.05) is 20.2 Å². The molecule has 1 fully saturated rings. The predicted molar refractivity (Wildman–Crippen MR) is 107 cm³/mol. The number of esters is 1. The van der Waals surface area contributed by atoms with Crippen LogP contribution >= 0.6 is 11.3 Å². The van der Waals surface area contributed by atoms with Gasteiger partial charge in [-0.05, 0) is 48.6 Å². The number of ether oxygens (including phenoxy) is 1. The van der Waals surface area contributed by atoms with E-state index in [0.717, 1.165) is 4.88 Å². The molecule has 0 radical (unpaired) electrons. The zero-order chi connectivity index (χ0) is 20.8. The van der Waals surface area contributed by atoms with Gasteiger partial charge in [-0.3, -0.25) is 14.4 Å². The van der Waals surface area contributed by atoms with Crippen LogP contribution in [-0.4, -0.2) is 42.9 Å². The fourth-order valence-corrected chi connectivity index (χ4v) is 4.18. The van der Waals surface area contributed by atoms with E-state index in [1.807, 2.05) is 17.5 Å². The molecule has 2 amide bonds. The number of methoxy groups -OCH3 is 1. The van der Waals surface area contributed by atoms with Crippen molar-refractivity contribution in [1.82, 2.24) is 10.2 Å². The zero-order valence-electron chi connectivity index (χ0n) is 16.1. The minimum atomic E-state index is -0.460. The summed E-state index contributed by atoms with van der Waals surface area (Å²) in [4.78, 5) is 39.8. The van der Waals surface area contributed by atoms with Gasteiger partial charge in [0.15, 0.2) is 0 Å². The lowest BCUT2D eigenvalue weighted by Crippen LogP contribution is -2.46. The van der Waals surface area contributed by atoms with Crippen molar-refractivity contribution in [3.8, 4) is 0 Å². The summed E-state index contributed by atoms with van der Waals surface area (Å²) in [6.45, 7) is 0.841. The average Bonchev–Trinajstić information content (AvgIpc) is 3.28. The smallest absolute Gasteiger partial charge is 0.307 e. The first-order chi connectivity index (χ1) is 14.0. The molecule has 2 unspecified atom stereocenters. The van der Waals surface area contributed by atoms with Crippen LogP contribution in [0.2, 0.25) is 0 Å². The van der Waals surface area contributed by atoms with E-state index in [2.05, 4.69) is 5.32 Å². The maximum atomic E-state index is 13.1. The molecule has 0 bridgehead atoms. The first kappa shape index (κ1) is 21.0. The van der Waals surface area contributed by atoms with E-state index < -0.39 is 17.8 Å². The lowest BCUT2D eigenvalue weighted by Gasteiger charge is -2.33. The molecule has 2 atom stereocenters. The molecule has 1 aromatic heterocycles. The fraction of sp³-hybridized carbons (Fsp3) is 0.381. The molecule has 154 valence electrons. The molecular weight excluding hydrogens is 395 g/mol. The largest absolute Gasteiger partial charge is 0.469 e. The van der Waals surface area contributed by atoms with Gasteiger partial charge < -0.3 is 15.0 Å². The standard InChI is InChI=1S/C21H23FN2O4S/c1-28-19(25)12-17(18-5-3-11-29-18)23-20(26)15-4-2-10-24(13-15)21(27)14-6-8-16(22)9-7-14/h3,5-9,11,15,17H,2,4,10,12-13H2,1H3,(H,23,26). The number of likely N-dealkylation sites (tertiary alicyclic amines) is 1. The van der Waals surface area contributed by atoms with E-state index >= 15 is 0 Å². The van der Waals surface area contributed by atoms with E-state index in [1.54, 1.807) is 4.90 Å². The summed E-state index contributed by atoms with van der Waals surface area (Å²) >= 11 is 1.46. The molecule has 1 aliphatic heterocycles. The Balaban J connectivity index is 1.65. The maximum absolute atomic E-state index is 13.1. The van der Waals surface area contributed by atoms with Gasteiger partial charge in [0, 0.05) is 23.5 Å². The number of hydrogen-bond donors (Lipinski definition) is 1. The lowest BCUT2D eigenvalue weighted by atomic mass is 9.95. The van der Waals surface area contributed by atoms with Crippen LogP contribution in [0.1, 0.15) is 40.5 Å². The molecule has 29 heavy (non-hydrogen) atoms. The minimum absolute atomic E-state index is 0.0493. The van der Waals surface area contributed by atoms with Crippen LogP contribution in [0.15, 0.2) is 41.8 Å². The molecule has 3 rings (SSSR count). The number of amides is 2. The minimum Gasteiger partial charge on any atom is -0.469 e. The monoisotopic (exact) mass is 418 g/mol. The number of nitrogens with one attached hydrogen (secondary N) is 1. The SMILES string of the molecule is COC(=O)CC(NC(=O)C1CCCN(C(=O)c2ccc(F)cc2)C1)c1cccs1. The number of thiophene rings is 1. The molecular formula is C21H23FN2O4S. The van der Waals surface area contributed by atoms with Gasteiger partial charge >= 0.3 is 5.97 Å². The number of rotatable bonds is 6. The van der Waals surface area contributed by atoms with Gasteiger partial charge in [-0.1, -0.05) is 6.07 Å². The van der Waals surface area contributed by atoms with E-state index in [-0.39, 0.29) is 30.7 Å². The van der Waals surface area contributed by atoms with Gasteiger partial charge in [-0.15, -0.1) is 11.3 Å². The lowest BCUT2D eigenvalue weighted by molar-refractivity contribution is -0.141. The van der Waals surface area contributed by atoms with Crippen LogP contribution in [0, 0.1) is 11.7 Å². The van der Waals surface area contributed by atoms with Crippen LogP contribution in [0.25, 0.3) is 0 Å². The van der Waals surface area contributed by atoms with Crippen molar-refractivity contribution in [1.29, 1.82) is 0 Å². The third kappa shape index (κ3) is 5.41. The Hall–Kier alpha value is -2.74. The van der Waals surface area contributed by atoms with Gasteiger partial charge in [-0.2, -0.15) is 0 Å². The zero-order valence-corrected chi connectivity index (χ0v) is 16.9. The molecule has 8 heteroatoms. The average molecular weight is 418 g/mol. The Morgan fingerprint density at radius 1 is 1.28 bits per heavy atom. The van der Waals surface area contributed by atoms with E-state index in [1.165, 1.54) is 42.7 Å². The summed E-state index contributed by atoms with van der Waals surface area (Å²) in [7, 11) is 1.32. The number of hydrogen-bond acceptors (Lipinski definition) is 5. The molecule has 1 aromatic carbocycles. The number of carbonyl (C=O) groups is 3. The van der Waals surface area contributed by atoms with Crippen molar-refractivity contribution in [2.24, 2.45) is 5.92 Å². The van der Waals surface area contributed by atoms with Crippen LogP contribution in [0.3, 0.4) is 0 Å². The molecule has 2 heterocycles. The van der Waals surface area contributed by atoms with E-state index in [9.17, 15) is 18.8 Å². The van der Waals surface area contributed by atoms with Crippen molar-refractivity contribution in [3.63, 3.8) is 0 Å². The molecule has 2 aromatic rings. The molecule has 0 spiro atoms. The van der Waals surface area contributed by atoms with Gasteiger partial charge in [0.05, 0.1) is 25.5 Å².